The minimum Gasteiger partial charge on any atom is -0.383 e. The molecule has 9 nitrogen and oxygen atoms in total. The molecule has 0 aliphatic heterocycles. The second-order valence-electron chi connectivity index (χ2n) is 8.09. The van der Waals surface area contributed by atoms with Gasteiger partial charge in [0.05, 0.1) is 23.6 Å². The second-order valence-corrected chi connectivity index (χ2v) is 8.50. The number of aromatic nitrogens is 2. The molecule has 11 heteroatoms. The fourth-order valence-corrected chi connectivity index (χ4v) is 4.02. The maximum Gasteiger partial charge on any atom is 0.272 e. The van der Waals surface area contributed by atoms with Gasteiger partial charge in [-0.25, -0.2) is 9.37 Å². The zero-order chi connectivity index (χ0) is 24.0. The van der Waals surface area contributed by atoms with Crippen molar-refractivity contribution in [2.24, 2.45) is 5.92 Å². The SMILES string of the molecule is COCC(C)NC(=O)c1nc[nH]c1C(=O)N[C@H]1CC[C@H](C(=O)Nc2ccc(F)cc2Cl)CC1. The molecule has 1 atom stereocenters. The Hall–Kier alpha value is -2.98. The molecule has 1 aromatic carbocycles. The number of nitrogens with zero attached hydrogens (tertiary/aromatic N) is 1. The number of anilines is 1. The molecule has 0 saturated heterocycles. The molecule has 1 fully saturated rings. The molecule has 1 aliphatic rings. The third kappa shape index (κ3) is 6.52. The minimum absolute atomic E-state index is 0.0136. The Morgan fingerprint density at radius 3 is 2.64 bits per heavy atom. The smallest absolute Gasteiger partial charge is 0.272 e. The summed E-state index contributed by atoms with van der Waals surface area (Å²) in [5, 5.41) is 8.51. The third-order valence-corrected chi connectivity index (χ3v) is 5.81. The van der Waals surface area contributed by atoms with Gasteiger partial charge in [-0.2, -0.15) is 0 Å². The molecule has 3 rings (SSSR count). The van der Waals surface area contributed by atoms with Gasteiger partial charge in [0.2, 0.25) is 5.91 Å². The zero-order valence-corrected chi connectivity index (χ0v) is 19.2. The van der Waals surface area contributed by atoms with E-state index in [1.54, 1.807) is 6.92 Å². The number of halogens is 2. The number of rotatable bonds is 8. The standard InChI is InChI=1S/C22H27ClFN5O4/c1-12(10-33-2)27-21(31)18-19(26-11-25-18)22(32)28-15-6-3-13(4-7-15)20(30)29-17-8-5-14(24)9-16(17)23/h5,8-9,11-13,15H,3-4,6-7,10H2,1-2H3,(H,25,26)(H,27,31)(H,28,32)(H,29,30)/t12?,13-,15-. The molecule has 1 aliphatic carbocycles. The van der Waals surface area contributed by atoms with Gasteiger partial charge in [-0.05, 0) is 50.8 Å². The van der Waals surface area contributed by atoms with E-state index in [-0.39, 0.29) is 40.3 Å². The molecule has 1 aromatic heterocycles. The monoisotopic (exact) mass is 479 g/mol. The first-order chi connectivity index (χ1) is 15.8. The van der Waals surface area contributed by atoms with Crippen molar-refractivity contribution in [3.63, 3.8) is 0 Å². The molecule has 3 amide bonds. The predicted octanol–water partition coefficient (Wildman–Crippen LogP) is 2.89. The fraction of sp³-hybridized carbons (Fsp3) is 0.455. The van der Waals surface area contributed by atoms with Crippen LogP contribution in [-0.4, -0.2) is 53.5 Å². The van der Waals surface area contributed by atoms with Crippen LogP contribution in [-0.2, 0) is 9.53 Å². The van der Waals surface area contributed by atoms with Crippen molar-refractivity contribution in [2.75, 3.05) is 19.0 Å². The molecular weight excluding hydrogens is 453 g/mol. The number of carbonyl (C=O) groups is 3. The summed E-state index contributed by atoms with van der Waals surface area (Å²) in [5.74, 6) is -1.80. The largest absolute Gasteiger partial charge is 0.383 e. The molecule has 0 bridgehead atoms. The van der Waals surface area contributed by atoms with Crippen molar-refractivity contribution in [3.8, 4) is 0 Å². The first-order valence-electron chi connectivity index (χ1n) is 10.7. The number of imidazole rings is 1. The maximum absolute atomic E-state index is 13.2. The maximum atomic E-state index is 13.2. The number of aromatic amines is 1. The first-order valence-corrected chi connectivity index (χ1v) is 11.1. The van der Waals surface area contributed by atoms with Crippen LogP contribution in [0.15, 0.2) is 24.5 Å². The van der Waals surface area contributed by atoms with E-state index in [0.29, 0.717) is 38.0 Å². The number of ether oxygens (including phenoxy) is 1. The summed E-state index contributed by atoms with van der Waals surface area (Å²) in [7, 11) is 1.53. The molecule has 4 N–H and O–H groups in total. The first kappa shape index (κ1) is 24.7. The Kier molecular flexibility index (Phi) is 8.40. The average Bonchev–Trinajstić information content (AvgIpc) is 3.26. The van der Waals surface area contributed by atoms with Gasteiger partial charge < -0.3 is 25.7 Å². The number of methoxy groups -OCH3 is 1. The van der Waals surface area contributed by atoms with Crippen LogP contribution in [0.25, 0.3) is 0 Å². The molecule has 0 spiro atoms. The van der Waals surface area contributed by atoms with E-state index in [1.165, 1.54) is 25.6 Å². The minimum atomic E-state index is -0.475. The lowest BCUT2D eigenvalue weighted by Gasteiger charge is -2.28. The molecule has 2 aromatic rings. The topological polar surface area (TPSA) is 125 Å². The number of nitrogens with one attached hydrogen (secondary N) is 4. The van der Waals surface area contributed by atoms with Crippen LogP contribution in [0.3, 0.4) is 0 Å². The zero-order valence-electron chi connectivity index (χ0n) is 18.4. The number of H-pyrrole nitrogens is 1. The van der Waals surface area contributed by atoms with Gasteiger partial charge in [-0.15, -0.1) is 0 Å². The van der Waals surface area contributed by atoms with E-state index < -0.39 is 17.6 Å². The van der Waals surface area contributed by atoms with Crippen LogP contribution in [0, 0.1) is 11.7 Å². The van der Waals surface area contributed by atoms with Crippen molar-refractivity contribution in [1.29, 1.82) is 0 Å². The quantitative estimate of drug-likeness (QED) is 0.463. The van der Waals surface area contributed by atoms with E-state index in [1.807, 2.05) is 0 Å². The number of benzene rings is 1. The lowest BCUT2D eigenvalue weighted by molar-refractivity contribution is -0.120. The van der Waals surface area contributed by atoms with Gasteiger partial charge >= 0.3 is 0 Å². The second kappa shape index (κ2) is 11.2. The third-order valence-electron chi connectivity index (χ3n) is 5.50. The fourth-order valence-electron chi connectivity index (χ4n) is 3.81. The number of amides is 3. The number of carbonyl (C=O) groups excluding carboxylic acids is 3. The Morgan fingerprint density at radius 1 is 1.24 bits per heavy atom. The highest BCUT2D eigenvalue weighted by atomic mass is 35.5. The lowest BCUT2D eigenvalue weighted by atomic mass is 9.85. The molecule has 1 unspecified atom stereocenters. The molecule has 1 heterocycles. The van der Waals surface area contributed by atoms with Crippen LogP contribution in [0.5, 0.6) is 0 Å². The molecule has 1 saturated carbocycles. The van der Waals surface area contributed by atoms with Crippen molar-refractivity contribution in [1.82, 2.24) is 20.6 Å². The van der Waals surface area contributed by atoms with Crippen LogP contribution in [0.2, 0.25) is 5.02 Å². The van der Waals surface area contributed by atoms with Crippen molar-refractivity contribution in [3.05, 3.63) is 46.8 Å². The average molecular weight is 480 g/mol. The summed E-state index contributed by atoms with van der Waals surface area (Å²) in [5.41, 5.74) is 0.464. The summed E-state index contributed by atoms with van der Waals surface area (Å²) >= 11 is 5.98. The Labute approximate surface area is 195 Å². The van der Waals surface area contributed by atoms with Gasteiger partial charge in [0.25, 0.3) is 11.8 Å². The van der Waals surface area contributed by atoms with Gasteiger partial charge in [-0.3, -0.25) is 14.4 Å². The molecule has 33 heavy (non-hydrogen) atoms. The van der Waals surface area contributed by atoms with Crippen LogP contribution in [0.4, 0.5) is 10.1 Å². The van der Waals surface area contributed by atoms with Gasteiger partial charge in [0.1, 0.15) is 11.5 Å². The van der Waals surface area contributed by atoms with Gasteiger partial charge in [0.15, 0.2) is 5.69 Å². The highest BCUT2D eigenvalue weighted by Gasteiger charge is 2.29. The van der Waals surface area contributed by atoms with Crippen LogP contribution < -0.4 is 16.0 Å². The number of hydrogen-bond donors (Lipinski definition) is 4. The van der Waals surface area contributed by atoms with E-state index in [9.17, 15) is 18.8 Å². The van der Waals surface area contributed by atoms with Crippen molar-refractivity contribution in [2.45, 2.75) is 44.7 Å². The van der Waals surface area contributed by atoms with E-state index in [0.717, 1.165) is 6.07 Å². The number of hydrogen-bond acceptors (Lipinski definition) is 5. The molecule has 178 valence electrons. The van der Waals surface area contributed by atoms with Gasteiger partial charge in [-0.1, -0.05) is 11.6 Å². The van der Waals surface area contributed by atoms with Gasteiger partial charge in [0, 0.05) is 25.1 Å². The highest BCUT2D eigenvalue weighted by molar-refractivity contribution is 6.33. The van der Waals surface area contributed by atoms with Crippen molar-refractivity contribution >= 4 is 35.0 Å². The Morgan fingerprint density at radius 2 is 1.97 bits per heavy atom. The van der Waals surface area contributed by atoms with E-state index >= 15 is 0 Å². The summed E-state index contributed by atoms with van der Waals surface area (Å²) in [6.07, 6.45) is 3.64. The summed E-state index contributed by atoms with van der Waals surface area (Å²) in [6.45, 7) is 2.12. The van der Waals surface area contributed by atoms with E-state index in [4.69, 9.17) is 16.3 Å². The Balaban J connectivity index is 1.51. The normalized spacial score (nSPS) is 18.9. The Bertz CT molecular complexity index is 1010. The summed E-state index contributed by atoms with van der Waals surface area (Å²) in [4.78, 5) is 44.4. The van der Waals surface area contributed by atoms with E-state index in [2.05, 4.69) is 25.9 Å². The summed E-state index contributed by atoms with van der Waals surface area (Å²) in [6, 6.07) is 3.43. The van der Waals surface area contributed by atoms with Crippen LogP contribution >= 0.6 is 11.6 Å². The molecule has 0 radical (unpaired) electrons. The van der Waals surface area contributed by atoms with Crippen LogP contribution in [0.1, 0.15) is 53.6 Å². The predicted molar refractivity (Wildman–Crippen MR) is 121 cm³/mol. The van der Waals surface area contributed by atoms with Crippen molar-refractivity contribution < 1.29 is 23.5 Å². The highest BCUT2D eigenvalue weighted by Crippen LogP contribution is 2.28. The summed E-state index contributed by atoms with van der Waals surface area (Å²) < 4.78 is 18.2. The lowest BCUT2D eigenvalue weighted by Crippen LogP contribution is -2.41. The molecular formula is C22H27ClFN5O4.